The Kier molecular flexibility index (Phi) is 47.9. The second-order valence-electron chi connectivity index (χ2n) is 21.3. The molecule has 444 valence electrons. The zero-order chi connectivity index (χ0) is 55.8. The molecule has 75 heavy (non-hydrogen) atoms. The van der Waals surface area contributed by atoms with Crippen molar-refractivity contribution in [2.75, 3.05) is 39.6 Å². The van der Waals surface area contributed by atoms with Crippen LogP contribution < -0.4 is 0 Å². The molecule has 0 aromatic carbocycles. The summed E-state index contributed by atoms with van der Waals surface area (Å²) in [5, 5.41) is 10.5. The quantitative estimate of drug-likeness (QED) is 0.0222. The number of phosphoric ester groups is 2. The van der Waals surface area contributed by atoms with E-state index in [0.717, 1.165) is 116 Å². The van der Waals surface area contributed by atoms with Gasteiger partial charge >= 0.3 is 39.5 Å². The Morgan fingerprint density at radius 1 is 0.360 bits per heavy atom. The molecule has 0 aliphatic rings. The van der Waals surface area contributed by atoms with Crippen LogP contribution >= 0.6 is 15.6 Å². The molecule has 0 aliphatic heterocycles. The first-order valence-corrected chi connectivity index (χ1v) is 32.5. The molecule has 0 aromatic heterocycles. The Hall–Kier alpha value is -1.94. The molecule has 19 heteroatoms. The molecule has 0 saturated carbocycles. The summed E-state index contributed by atoms with van der Waals surface area (Å²) in [7, 11) is -9.86. The summed E-state index contributed by atoms with van der Waals surface area (Å²) in [6, 6.07) is 0. The summed E-state index contributed by atoms with van der Waals surface area (Å²) < 4.78 is 67.4. The maximum Gasteiger partial charge on any atom is 0.472 e. The van der Waals surface area contributed by atoms with E-state index in [0.29, 0.717) is 37.5 Å². The van der Waals surface area contributed by atoms with Gasteiger partial charge in [0.05, 0.1) is 26.4 Å². The highest BCUT2D eigenvalue weighted by atomic mass is 31.2. The van der Waals surface area contributed by atoms with Crippen LogP contribution in [0.1, 0.15) is 266 Å². The topological polar surface area (TPSA) is 237 Å². The molecular formula is C56H108O17P2. The molecule has 0 amide bonds. The van der Waals surface area contributed by atoms with E-state index in [1.54, 1.807) is 0 Å². The van der Waals surface area contributed by atoms with Crippen molar-refractivity contribution in [3.63, 3.8) is 0 Å². The minimum Gasteiger partial charge on any atom is -0.462 e. The molecule has 3 N–H and O–H groups in total. The normalized spacial score (nSPS) is 14.5. The van der Waals surface area contributed by atoms with E-state index in [1.165, 1.54) is 57.8 Å². The van der Waals surface area contributed by atoms with Crippen molar-refractivity contribution >= 4 is 39.5 Å². The number of unbranched alkanes of at least 4 members (excludes halogenated alkanes) is 25. The molecule has 0 radical (unpaired) electrons. The van der Waals surface area contributed by atoms with E-state index in [9.17, 15) is 43.2 Å². The van der Waals surface area contributed by atoms with Crippen molar-refractivity contribution < 1.29 is 80.2 Å². The minimum absolute atomic E-state index is 0.102. The Labute approximate surface area is 454 Å². The number of esters is 4. The fourth-order valence-corrected chi connectivity index (χ4v) is 9.70. The second-order valence-corrected chi connectivity index (χ2v) is 24.2. The standard InChI is InChI=1S/C56H108O17P2/c1-7-9-11-13-15-21-28-34-40-55(60)72-51(44-66-53(58)38-32-26-18-14-12-10-8-2)46-70-74(62,63)68-42-50(57)43-69-75(64,65)71-47-52(73-56(61)41-35-29-23-17-20-25-31-37-49(5)6)45-67-54(59)39-33-27-22-16-19-24-30-36-48(3)4/h48-52,57H,7-47H2,1-6H3,(H,62,63)(H,64,65)/t50-,51+,52+/m0/s1. The molecule has 0 aromatic rings. The van der Waals surface area contributed by atoms with Crippen LogP contribution in [0, 0.1) is 11.8 Å². The fourth-order valence-electron chi connectivity index (χ4n) is 8.12. The van der Waals surface area contributed by atoms with Crippen molar-refractivity contribution in [1.29, 1.82) is 0 Å². The molecule has 0 aliphatic carbocycles. The summed E-state index contributed by atoms with van der Waals surface area (Å²) in [4.78, 5) is 71.6. The SMILES string of the molecule is CCCCCCCCCCC(=O)O[C@H](COC(=O)CCCCCCCCC)COP(=O)(O)OC[C@H](O)COP(=O)(O)OC[C@@H](COC(=O)CCCCCCCCCC(C)C)OC(=O)CCCCCCCCCC(C)C. The van der Waals surface area contributed by atoms with Crippen LogP contribution in [0.25, 0.3) is 0 Å². The largest absolute Gasteiger partial charge is 0.472 e. The van der Waals surface area contributed by atoms with Gasteiger partial charge in [-0.25, -0.2) is 9.13 Å². The predicted octanol–water partition coefficient (Wildman–Crippen LogP) is 14.5. The van der Waals surface area contributed by atoms with Gasteiger partial charge in [-0.3, -0.25) is 37.3 Å². The molecule has 0 bridgehead atoms. The first-order valence-electron chi connectivity index (χ1n) is 29.5. The maximum absolute atomic E-state index is 12.9. The van der Waals surface area contributed by atoms with E-state index in [1.807, 2.05) is 0 Å². The van der Waals surface area contributed by atoms with Crippen molar-refractivity contribution in [3.8, 4) is 0 Å². The van der Waals surface area contributed by atoms with Crippen LogP contribution in [-0.2, 0) is 65.4 Å². The van der Waals surface area contributed by atoms with E-state index < -0.39 is 97.5 Å². The number of hydrogen-bond acceptors (Lipinski definition) is 15. The van der Waals surface area contributed by atoms with Gasteiger partial charge in [0.1, 0.15) is 19.3 Å². The van der Waals surface area contributed by atoms with E-state index in [4.69, 9.17) is 37.0 Å². The van der Waals surface area contributed by atoms with Gasteiger partial charge in [0.2, 0.25) is 0 Å². The van der Waals surface area contributed by atoms with Crippen LogP contribution in [0.4, 0.5) is 0 Å². The first-order chi connectivity index (χ1) is 35.9. The lowest BCUT2D eigenvalue weighted by Crippen LogP contribution is -2.30. The summed E-state index contributed by atoms with van der Waals surface area (Å²) >= 11 is 0. The Bertz CT molecular complexity index is 1500. The van der Waals surface area contributed by atoms with Gasteiger partial charge < -0.3 is 33.8 Å². The molecule has 5 atom stereocenters. The monoisotopic (exact) mass is 1110 g/mol. The van der Waals surface area contributed by atoms with Gasteiger partial charge in [-0.05, 0) is 37.5 Å². The number of aliphatic hydroxyl groups excluding tert-OH is 1. The number of rotatable bonds is 55. The van der Waals surface area contributed by atoms with Gasteiger partial charge in [0.15, 0.2) is 12.2 Å². The van der Waals surface area contributed by atoms with Crippen molar-refractivity contribution in [1.82, 2.24) is 0 Å². The van der Waals surface area contributed by atoms with E-state index in [2.05, 4.69) is 41.5 Å². The number of carbonyl (C=O) groups is 4. The summed E-state index contributed by atoms with van der Waals surface area (Å²) in [5.41, 5.74) is 0. The third-order valence-electron chi connectivity index (χ3n) is 12.7. The minimum atomic E-state index is -4.93. The highest BCUT2D eigenvalue weighted by Gasteiger charge is 2.30. The Morgan fingerprint density at radius 3 is 0.907 bits per heavy atom. The van der Waals surface area contributed by atoms with E-state index in [-0.39, 0.29) is 25.7 Å². The number of hydrogen-bond donors (Lipinski definition) is 3. The van der Waals surface area contributed by atoms with Gasteiger partial charge in [-0.1, -0.05) is 215 Å². The van der Waals surface area contributed by atoms with Crippen LogP contribution in [0.2, 0.25) is 0 Å². The maximum atomic E-state index is 12.9. The molecule has 0 fully saturated rings. The molecule has 0 spiro atoms. The highest BCUT2D eigenvalue weighted by Crippen LogP contribution is 2.45. The zero-order valence-electron chi connectivity index (χ0n) is 47.8. The number of carbonyl (C=O) groups excluding carboxylic acids is 4. The van der Waals surface area contributed by atoms with Gasteiger partial charge in [0, 0.05) is 25.7 Å². The zero-order valence-corrected chi connectivity index (χ0v) is 49.6. The lowest BCUT2D eigenvalue weighted by molar-refractivity contribution is -0.161. The fraction of sp³-hybridized carbons (Fsp3) is 0.929. The second kappa shape index (κ2) is 49.1. The smallest absolute Gasteiger partial charge is 0.462 e. The van der Waals surface area contributed by atoms with Crippen LogP contribution in [-0.4, -0.2) is 96.7 Å². The number of aliphatic hydroxyl groups is 1. The average Bonchev–Trinajstić information content (AvgIpc) is 3.36. The Balaban J connectivity index is 5.21. The lowest BCUT2D eigenvalue weighted by atomic mass is 10.0. The molecule has 17 nitrogen and oxygen atoms in total. The van der Waals surface area contributed by atoms with Gasteiger partial charge in [-0.2, -0.15) is 0 Å². The van der Waals surface area contributed by atoms with E-state index >= 15 is 0 Å². The first kappa shape index (κ1) is 73.1. The number of phosphoric acid groups is 2. The van der Waals surface area contributed by atoms with Gasteiger partial charge in [0.25, 0.3) is 0 Å². The summed E-state index contributed by atoms with van der Waals surface area (Å²) in [6.07, 6.45) is 28.3. The third kappa shape index (κ3) is 51.3. The predicted molar refractivity (Wildman–Crippen MR) is 294 cm³/mol. The molecule has 0 heterocycles. The van der Waals surface area contributed by atoms with Crippen LogP contribution in [0.5, 0.6) is 0 Å². The third-order valence-corrected chi connectivity index (χ3v) is 14.6. The van der Waals surface area contributed by atoms with Crippen LogP contribution in [0.15, 0.2) is 0 Å². The lowest BCUT2D eigenvalue weighted by Gasteiger charge is -2.21. The summed E-state index contributed by atoms with van der Waals surface area (Å²) in [5.74, 6) is -0.754. The number of ether oxygens (including phenoxy) is 4. The summed E-state index contributed by atoms with van der Waals surface area (Å²) in [6.45, 7) is 9.24. The molecule has 0 rings (SSSR count). The molecule has 2 unspecified atom stereocenters. The van der Waals surface area contributed by atoms with Gasteiger partial charge in [-0.15, -0.1) is 0 Å². The van der Waals surface area contributed by atoms with Crippen molar-refractivity contribution in [2.24, 2.45) is 11.8 Å². The van der Waals surface area contributed by atoms with Crippen molar-refractivity contribution in [2.45, 2.75) is 285 Å². The molecular weight excluding hydrogens is 1010 g/mol. The Morgan fingerprint density at radius 2 is 0.613 bits per heavy atom. The highest BCUT2D eigenvalue weighted by molar-refractivity contribution is 7.47. The average molecular weight is 1120 g/mol. The van der Waals surface area contributed by atoms with Crippen LogP contribution in [0.3, 0.4) is 0 Å². The molecule has 0 saturated heterocycles. The van der Waals surface area contributed by atoms with Crippen molar-refractivity contribution in [3.05, 3.63) is 0 Å².